The van der Waals surface area contributed by atoms with Gasteiger partial charge in [0.2, 0.25) is 0 Å². The Kier molecular flexibility index (Phi) is 3.69. The highest BCUT2D eigenvalue weighted by atomic mass is 16.4. The lowest BCUT2D eigenvalue weighted by Crippen LogP contribution is -2.11. The average molecular weight is 192 g/mol. The van der Waals surface area contributed by atoms with Gasteiger partial charge < -0.3 is 5.11 Å². The van der Waals surface area contributed by atoms with Crippen molar-refractivity contribution >= 4 is 5.97 Å². The Labute approximate surface area is 84.6 Å². The van der Waals surface area contributed by atoms with Crippen LogP contribution in [0.5, 0.6) is 0 Å². The molecule has 14 heavy (non-hydrogen) atoms. The summed E-state index contributed by atoms with van der Waals surface area (Å²) in [7, 11) is 0. The largest absolute Gasteiger partial charge is 0.481 e. The molecule has 1 aromatic carbocycles. The normalized spacial score (nSPS) is 12.8. The first kappa shape index (κ1) is 10.8. The van der Waals surface area contributed by atoms with E-state index in [1.165, 1.54) is 0 Å². The SMILES string of the molecule is CC(C)[C@@H](CC(=O)O)c1ccccc1. The fraction of sp³-hybridized carbons (Fsp3) is 0.417. The summed E-state index contributed by atoms with van der Waals surface area (Å²) in [6.07, 6.45) is 0.210. The van der Waals surface area contributed by atoms with E-state index in [1.807, 2.05) is 30.3 Å². The maximum Gasteiger partial charge on any atom is 0.303 e. The summed E-state index contributed by atoms with van der Waals surface area (Å²) in [6, 6.07) is 9.84. The van der Waals surface area contributed by atoms with E-state index in [0.717, 1.165) is 5.56 Å². The van der Waals surface area contributed by atoms with Crippen LogP contribution in [0.4, 0.5) is 0 Å². The molecule has 1 atom stereocenters. The summed E-state index contributed by atoms with van der Waals surface area (Å²) >= 11 is 0. The molecule has 0 amide bonds. The van der Waals surface area contributed by atoms with Gasteiger partial charge in [0.15, 0.2) is 0 Å². The first-order valence-electron chi connectivity index (χ1n) is 4.88. The highest BCUT2D eigenvalue weighted by Gasteiger charge is 2.18. The Balaban J connectivity index is 2.83. The van der Waals surface area contributed by atoms with Crippen LogP contribution in [0.15, 0.2) is 30.3 Å². The molecule has 0 heterocycles. The van der Waals surface area contributed by atoms with Crippen LogP contribution in [0.1, 0.15) is 31.7 Å². The summed E-state index contributed by atoms with van der Waals surface area (Å²) in [6.45, 7) is 4.11. The van der Waals surface area contributed by atoms with Crippen LogP contribution in [0.2, 0.25) is 0 Å². The lowest BCUT2D eigenvalue weighted by atomic mass is 9.86. The number of carbonyl (C=O) groups is 1. The van der Waals surface area contributed by atoms with E-state index in [1.54, 1.807) is 0 Å². The van der Waals surface area contributed by atoms with Crippen LogP contribution in [0.3, 0.4) is 0 Å². The number of carboxylic acids is 1. The van der Waals surface area contributed by atoms with Gasteiger partial charge in [0.25, 0.3) is 0 Å². The molecule has 0 aliphatic rings. The van der Waals surface area contributed by atoms with Crippen molar-refractivity contribution in [3.8, 4) is 0 Å². The predicted molar refractivity (Wildman–Crippen MR) is 56.3 cm³/mol. The maximum atomic E-state index is 10.7. The molecule has 0 saturated carbocycles. The standard InChI is InChI=1S/C12H16O2/c1-9(2)11(8-12(13)14)10-6-4-3-5-7-10/h3-7,9,11H,8H2,1-2H3,(H,13,14)/t11-/m1/s1. The van der Waals surface area contributed by atoms with Crippen molar-refractivity contribution in [1.29, 1.82) is 0 Å². The van der Waals surface area contributed by atoms with Gasteiger partial charge in [0.1, 0.15) is 0 Å². The minimum absolute atomic E-state index is 0.119. The zero-order valence-electron chi connectivity index (χ0n) is 8.60. The minimum atomic E-state index is -0.729. The van der Waals surface area contributed by atoms with Crippen molar-refractivity contribution in [3.63, 3.8) is 0 Å². The van der Waals surface area contributed by atoms with Gasteiger partial charge >= 0.3 is 5.97 Å². The third-order valence-electron chi connectivity index (χ3n) is 2.43. The number of hydrogen-bond acceptors (Lipinski definition) is 1. The van der Waals surface area contributed by atoms with E-state index in [2.05, 4.69) is 13.8 Å². The monoisotopic (exact) mass is 192 g/mol. The van der Waals surface area contributed by atoms with E-state index in [-0.39, 0.29) is 12.3 Å². The second-order valence-electron chi connectivity index (χ2n) is 3.86. The molecule has 0 radical (unpaired) electrons. The van der Waals surface area contributed by atoms with Crippen LogP contribution in [0, 0.1) is 5.92 Å². The van der Waals surface area contributed by atoms with Crippen molar-refractivity contribution in [2.45, 2.75) is 26.2 Å². The van der Waals surface area contributed by atoms with Gasteiger partial charge in [-0.3, -0.25) is 4.79 Å². The molecule has 0 spiro atoms. The molecule has 0 aliphatic carbocycles. The van der Waals surface area contributed by atoms with Gasteiger partial charge in [-0.25, -0.2) is 0 Å². The van der Waals surface area contributed by atoms with Gasteiger partial charge in [0.05, 0.1) is 6.42 Å². The highest BCUT2D eigenvalue weighted by Crippen LogP contribution is 2.27. The molecule has 0 saturated heterocycles. The lowest BCUT2D eigenvalue weighted by molar-refractivity contribution is -0.137. The zero-order chi connectivity index (χ0) is 10.6. The predicted octanol–water partition coefficient (Wildman–Crippen LogP) is 2.90. The van der Waals surface area contributed by atoms with Crippen molar-refractivity contribution in [1.82, 2.24) is 0 Å². The molecule has 1 N–H and O–H groups in total. The van der Waals surface area contributed by atoms with Gasteiger partial charge in [-0.1, -0.05) is 44.2 Å². The molecule has 1 aromatic rings. The van der Waals surface area contributed by atoms with Gasteiger partial charge in [0, 0.05) is 0 Å². The number of hydrogen-bond donors (Lipinski definition) is 1. The van der Waals surface area contributed by atoms with E-state index in [4.69, 9.17) is 5.11 Å². The summed E-state index contributed by atoms with van der Waals surface area (Å²) in [5.74, 6) is -0.255. The Bertz CT molecular complexity index is 290. The molecule has 0 aromatic heterocycles. The molecule has 76 valence electrons. The molecule has 2 nitrogen and oxygen atoms in total. The Morgan fingerprint density at radius 1 is 1.29 bits per heavy atom. The number of benzene rings is 1. The summed E-state index contributed by atoms with van der Waals surface area (Å²) in [4.78, 5) is 10.7. The summed E-state index contributed by atoms with van der Waals surface area (Å²) in [5, 5.41) is 8.79. The van der Waals surface area contributed by atoms with E-state index < -0.39 is 5.97 Å². The van der Waals surface area contributed by atoms with Gasteiger partial charge in [-0.2, -0.15) is 0 Å². The van der Waals surface area contributed by atoms with Crippen LogP contribution < -0.4 is 0 Å². The molecule has 0 bridgehead atoms. The zero-order valence-corrected chi connectivity index (χ0v) is 8.60. The van der Waals surface area contributed by atoms with Crippen LogP contribution in [0.25, 0.3) is 0 Å². The fourth-order valence-electron chi connectivity index (χ4n) is 1.63. The van der Waals surface area contributed by atoms with E-state index >= 15 is 0 Å². The molecular formula is C12H16O2. The van der Waals surface area contributed by atoms with Gasteiger partial charge in [-0.15, -0.1) is 0 Å². The molecule has 2 heteroatoms. The molecular weight excluding hydrogens is 176 g/mol. The average Bonchev–Trinajstić information content (AvgIpc) is 2.15. The number of rotatable bonds is 4. The molecule has 0 fully saturated rings. The third-order valence-corrected chi connectivity index (χ3v) is 2.43. The topological polar surface area (TPSA) is 37.3 Å². The molecule has 0 aliphatic heterocycles. The van der Waals surface area contributed by atoms with Gasteiger partial charge in [-0.05, 0) is 17.4 Å². The quantitative estimate of drug-likeness (QED) is 0.796. The summed E-state index contributed by atoms with van der Waals surface area (Å²) < 4.78 is 0. The Morgan fingerprint density at radius 2 is 1.86 bits per heavy atom. The number of aliphatic carboxylic acids is 1. The van der Waals surface area contributed by atoms with Crippen LogP contribution in [-0.4, -0.2) is 11.1 Å². The maximum absolute atomic E-state index is 10.7. The van der Waals surface area contributed by atoms with Crippen molar-refractivity contribution in [2.24, 2.45) is 5.92 Å². The smallest absolute Gasteiger partial charge is 0.303 e. The van der Waals surface area contributed by atoms with Crippen LogP contribution in [-0.2, 0) is 4.79 Å². The molecule has 0 unspecified atom stereocenters. The Hall–Kier alpha value is -1.31. The minimum Gasteiger partial charge on any atom is -0.481 e. The third kappa shape index (κ3) is 2.87. The first-order chi connectivity index (χ1) is 6.61. The van der Waals surface area contributed by atoms with E-state index in [0.29, 0.717) is 5.92 Å². The first-order valence-corrected chi connectivity index (χ1v) is 4.88. The fourth-order valence-corrected chi connectivity index (χ4v) is 1.63. The number of carboxylic acid groups (broad SMARTS) is 1. The lowest BCUT2D eigenvalue weighted by Gasteiger charge is -2.19. The van der Waals surface area contributed by atoms with Crippen molar-refractivity contribution in [3.05, 3.63) is 35.9 Å². The Morgan fingerprint density at radius 3 is 2.29 bits per heavy atom. The highest BCUT2D eigenvalue weighted by molar-refractivity contribution is 5.68. The van der Waals surface area contributed by atoms with Crippen molar-refractivity contribution in [2.75, 3.05) is 0 Å². The summed E-state index contributed by atoms with van der Waals surface area (Å²) in [5.41, 5.74) is 1.12. The second kappa shape index (κ2) is 4.80. The van der Waals surface area contributed by atoms with E-state index in [9.17, 15) is 4.79 Å². The van der Waals surface area contributed by atoms with Crippen LogP contribution >= 0.6 is 0 Å². The van der Waals surface area contributed by atoms with Crippen molar-refractivity contribution < 1.29 is 9.90 Å². The second-order valence-corrected chi connectivity index (χ2v) is 3.86. The molecule has 1 rings (SSSR count).